The summed E-state index contributed by atoms with van der Waals surface area (Å²) in [6, 6.07) is 4.72. The van der Waals surface area contributed by atoms with Crippen molar-refractivity contribution in [2.45, 2.75) is 19.4 Å². The van der Waals surface area contributed by atoms with E-state index in [1.165, 1.54) is 14.2 Å². The van der Waals surface area contributed by atoms with Crippen LogP contribution in [-0.4, -0.2) is 50.1 Å². The summed E-state index contributed by atoms with van der Waals surface area (Å²) in [6.45, 7) is 2.82. The largest absolute Gasteiger partial charge is 0.496 e. The summed E-state index contributed by atoms with van der Waals surface area (Å²) in [7, 11) is 3.01. The Hall–Kier alpha value is -2.24. The second-order valence-electron chi connectivity index (χ2n) is 4.75. The van der Waals surface area contributed by atoms with Crippen molar-refractivity contribution in [1.29, 1.82) is 0 Å². The maximum Gasteiger partial charge on any atom is 0.262 e. The third kappa shape index (κ3) is 2.79. The molecule has 1 aliphatic heterocycles. The highest BCUT2D eigenvalue weighted by Crippen LogP contribution is 2.30. The van der Waals surface area contributed by atoms with Crippen LogP contribution in [0.15, 0.2) is 18.2 Å². The highest BCUT2D eigenvalue weighted by Gasteiger charge is 2.34. The van der Waals surface area contributed by atoms with Crippen molar-refractivity contribution in [3.8, 4) is 11.5 Å². The standard InChI is InChI=1S/C15H20N2O4/c1-4-10-14(18)16-8-9-17(10)15(19)13-11(20-2)6-5-7-12(13)21-3/h5-7,10H,4,8-9H2,1-3H3,(H,16,18). The van der Waals surface area contributed by atoms with E-state index in [1.54, 1.807) is 23.1 Å². The van der Waals surface area contributed by atoms with Crippen LogP contribution in [0.3, 0.4) is 0 Å². The van der Waals surface area contributed by atoms with Gasteiger partial charge in [0, 0.05) is 13.1 Å². The lowest BCUT2D eigenvalue weighted by molar-refractivity contribution is -0.127. The van der Waals surface area contributed by atoms with Gasteiger partial charge in [0.15, 0.2) is 0 Å². The molecular formula is C15H20N2O4. The summed E-state index contributed by atoms with van der Waals surface area (Å²) in [5.74, 6) is 0.525. The molecule has 2 rings (SSSR count). The summed E-state index contributed by atoms with van der Waals surface area (Å²) in [4.78, 5) is 26.4. The van der Waals surface area contributed by atoms with E-state index in [1.807, 2.05) is 6.92 Å². The molecule has 1 aromatic rings. The Bertz CT molecular complexity index is 522. The van der Waals surface area contributed by atoms with E-state index in [0.29, 0.717) is 36.6 Å². The molecule has 0 aliphatic carbocycles. The molecule has 2 amide bonds. The molecule has 0 bridgehead atoms. The number of carbonyl (C=O) groups is 2. The molecule has 1 heterocycles. The predicted octanol–water partition coefficient (Wildman–Crippen LogP) is 1.05. The molecule has 1 N–H and O–H groups in total. The number of piperazine rings is 1. The Morgan fingerprint density at radius 2 is 1.95 bits per heavy atom. The van der Waals surface area contributed by atoms with Crippen LogP contribution in [0.25, 0.3) is 0 Å². The number of benzene rings is 1. The quantitative estimate of drug-likeness (QED) is 0.901. The molecule has 114 valence electrons. The zero-order chi connectivity index (χ0) is 15.4. The van der Waals surface area contributed by atoms with Crippen molar-refractivity contribution in [3.63, 3.8) is 0 Å². The maximum absolute atomic E-state index is 12.9. The van der Waals surface area contributed by atoms with Crippen molar-refractivity contribution in [3.05, 3.63) is 23.8 Å². The van der Waals surface area contributed by atoms with E-state index in [-0.39, 0.29) is 11.8 Å². The van der Waals surface area contributed by atoms with Crippen LogP contribution >= 0.6 is 0 Å². The fourth-order valence-corrected chi connectivity index (χ4v) is 2.57. The molecule has 0 aromatic heterocycles. The number of rotatable bonds is 4. The van der Waals surface area contributed by atoms with E-state index in [2.05, 4.69) is 5.32 Å². The van der Waals surface area contributed by atoms with Gasteiger partial charge in [-0.25, -0.2) is 0 Å². The normalized spacial score (nSPS) is 18.1. The van der Waals surface area contributed by atoms with Crippen LogP contribution < -0.4 is 14.8 Å². The van der Waals surface area contributed by atoms with E-state index in [0.717, 1.165) is 0 Å². The molecule has 6 nitrogen and oxygen atoms in total. The van der Waals surface area contributed by atoms with E-state index >= 15 is 0 Å². The molecule has 0 saturated carbocycles. The smallest absolute Gasteiger partial charge is 0.262 e. The van der Waals surface area contributed by atoms with Crippen LogP contribution in [0.5, 0.6) is 11.5 Å². The third-order valence-corrected chi connectivity index (χ3v) is 3.62. The Morgan fingerprint density at radius 1 is 1.33 bits per heavy atom. The number of carbonyl (C=O) groups excluding carboxylic acids is 2. The van der Waals surface area contributed by atoms with Gasteiger partial charge < -0.3 is 19.7 Å². The minimum Gasteiger partial charge on any atom is -0.496 e. The molecule has 1 aromatic carbocycles. The van der Waals surface area contributed by atoms with Gasteiger partial charge in [0.1, 0.15) is 23.1 Å². The number of nitrogens with one attached hydrogen (secondary N) is 1. The van der Waals surface area contributed by atoms with Crippen LogP contribution in [0.4, 0.5) is 0 Å². The fraction of sp³-hybridized carbons (Fsp3) is 0.467. The van der Waals surface area contributed by atoms with Crippen molar-refractivity contribution in [1.82, 2.24) is 10.2 Å². The molecule has 1 unspecified atom stereocenters. The lowest BCUT2D eigenvalue weighted by Gasteiger charge is -2.35. The van der Waals surface area contributed by atoms with E-state index in [9.17, 15) is 9.59 Å². The number of ether oxygens (including phenoxy) is 2. The van der Waals surface area contributed by atoms with Gasteiger partial charge in [0.25, 0.3) is 5.91 Å². The van der Waals surface area contributed by atoms with Gasteiger partial charge in [0.05, 0.1) is 14.2 Å². The zero-order valence-electron chi connectivity index (χ0n) is 12.5. The monoisotopic (exact) mass is 292 g/mol. The molecular weight excluding hydrogens is 272 g/mol. The number of amides is 2. The van der Waals surface area contributed by atoms with Crippen molar-refractivity contribution >= 4 is 11.8 Å². The average Bonchev–Trinajstić information content (AvgIpc) is 2.52. The van der Waals surface area contributed by atoms with Gasteiger partial charge in [0.2, 0.25) is 5.91 Å². The second kappa shape index (κ2) is 6.47. The molecule has 1 aliphatic rings. The van der Waals surface area contributed by atoms with Gasteiger partial charge in [-0.2, -0.15) is 0 Å². The highest BCUT2D eigenvalue weighted by molar-refractivity contribution is 6.02. The molecule has 6 heteroatoms. The topological polar surface area (TPSA) is 67.9 Å². The van der Waals surface area contributed by atoms with E-state index < -0.39 is 6.04 Å². The predicted molar refractivity (Wildman–Crippen MR) is 77.7 cm³/mol. The first-order valence-electron chi connectivity index (χ1n) is 6.93. The SMILES string of the molecule is CCC1C(=O)NCCN1C(=O)c1c(OC)cccc1OC. The number of nitrogens with zero attached hydrogens (tertiary/aromatic N) is 1. The van der Waals surface area contributed by atoms with Gasteiger partial charge >= 0.3 is 0 Å². The second-order valence-corrected chi connectivity index (χ2v) is 4.75. The van der Waals surface area contributed by atoms with Gasteiger partial charge in [-0.15, -0.1) is 0 Å². The van der Waals surface area contributed by atoms with Crippen molar-refractivity contribution in [2.24, 2.45) is 0 Å². The summed E-state index contributed by atoms with van der Waals surface area (Å²) < 4.78 is 10.5. The summed E-state index contributed by atoms with van der Waals surface area (Å²) in [6.07, 6.45) is 0.565. The average molecular weight is 292 g/mol. The van der Waals surface area contributed by atoms with Crippen LogP contribution in [0, 0.1) is 0 Å². The Kier molecular flexibility index (Phi) is 4.67. The van der Waals surface area contributed by atoms with Crippen molar-refractivity contribution in [2.75, 3.05) is 27.3 Å². The summed E-state index contributed by atoms with van der Waals surface area (Å²) in [5.41, 5.74) is 0.357. The third-order valence-electron chi connectivity index (χ3n) is 3.62. The summed E-state index contributed by atoms with van der Waals surface area (Å²) in [5, 5.41) is 2.78. The first kappa shape index (κ1) is 15.2. The van der Waals surface area contributed by atoms with Gasteiger partial charge in [-0.05, 0) is 18.6 Å². The number of hydrogen-bond donors (Lipinski definition) is 1. The fourth-order valence-electron chi connectivity index (χ4n) is 2.57. The Labute approximate surface area is 124 Å². The minimum atomic E-state index is -0.458. The number of hydrogen-bond acceptors (Lipinski definition) is 4. The van der Waals surface area contributed by atoms with Crippen molar-refractivity contribution < 1.29 is 19.1 Å². The summed E-state index contributed by atoms with van der Waals surface area (Å²) >= 11 is 0. The Balaban J connectivity index is 2.41. The van der Waals surface area contributed by atoms with Crippen LogP contribution in [0.2, 0.25) is 0 Å². The first-order valence-corrected chi connectivity index (χ1v) is 6.93. The van der Waals surface area contributed by atoms with E-state index in [4.69, 9.17) is 9.47 Å². The van der Waals surface area contributed by atoms with Crippen LogP contribution in [-0.2, 0) is 4.79 Å². The molecule has 1 fully saturated rings. The van der Waals surface area contributed by atoms with Gasteiger partial charge in [-0.3, -0.25) is 9.59 Å². The zero-order valence-corrected chi connectivity index (χ0v) is 12.5. The lowest BCUT2D eigenvalue weighted by atomic mass is 10.1. The van der Waals surface area contributed by atoms with Gasteiger partial charge in [-0.1, -0.05) is 13.0 Å². The lowest BCUT2D eigenvalue weighted by Crippen LogP contribution is -2.56. The molecule has 1 atom stereocenters. The first-order chi connectivity index (χ1) is 10.1. The molecule has 1 saturated heterocycles. The molecule has 0 spiro atoms. The number of methoxy groups -OCH3 is 2. The molecule has 21 heavy (non-hydrogen) atoms. The molecule has 0 radical (unpaired) electrons. The Morgan fingerprint density at radius 3 is 2.48 bits per heavy atom. The van der Waals surface area contributed by atoms with Crippen LogP contribution in [0.1, 0.15) is 23.7 Å². The minimum absolute atomic E-state index is 0.119. The maximum atomic E-state index is 12.9. The highest BCUT2D eigenvalue weighted by atomic mass is 16.5.